The maximum atomic E-state index is 12.4. The summed E-state index contributed by atoms with van der Waals surface area (Å²) in [6.45, 7) is 2.54. The summed E-state index contributed by atoms with van der Waals surface area (Å²) >= 11 is 0. The van der Waals surface area contributed by atoms with Crippen molar-refractivity contribution in [1.29, 1.82) is 0 Å². The maximum absolute atomic E-state index is 12.4. The standard InChI is InChI=1S/C21H25NO2.ClH/c1-24-20-9-7-19(8-10-20)21(23)16-22-13-11-18(12-14-22)15-17-5-3-2-4-6-17;/h2-10,18H,11-16H2,1H3;1H. The van der Waals surface area contributed by atoms with Crippen molar-refractivity contribution in [3.05, 3.63) is 65.7 Å². The highest BCUT2D eigenvalue weighted by molar-refractivity contribution is 5.97. The molecule has 0 N–H and O–H groups in total. The van der Waals surface area contributed by atoms with Crippen molar-refractivity contribution in [2.24, 2.45) is 5.92 Å². The number of likely N-dealkylation sites (tertiary alicyclic amines) is 1. The molecule has 0 atom stereocenters. The number of carbonyl (C=O) groups excluding carboxylic acids is 1. The van der Waals surface area contributed by atoms with E-state index in [0.717, 1.165) is 36.7 Å². The summed E-state index contributed by atoms with van der Waals surface area (Å²) in [6, 6.07) is 18.1. The fraction of sp³-hybridized carbons (Fsp3) is 0.381. The first kappa shape index (κ1) is 19.5. The Balaban J connectivity index is 0.00000225. The van der Waals surface area contributed by atoms with Gasteiger partial charge in [0.1, 0.15) is 5.75 Å². The van der Waals surface area contributed by atoms with Crippen molar-refractivity contribution in [3.8, 4) is 5.75 Å². The minimum Gasteiger partial charge on any atom is -0.497 e. The number of piperidine rings is 1. The SMILES string of the molecule is COc1ccc(C(=O)CN2CCC(Cc3ccccc3)CC2)cc1.Cl. The second-order valence-electron chi connectivity index (χ2n) is 6.56. The Hall–Kier alpha value is -1.84. The highest BCUT2D eigenvalue weighted by Gasteiger charge is 2.21. The summed E-state index contributed by atoms with van der Waals surface area (Å²) in [5.41, 5.74) is 2.19. The lowest BCUT2D eigenvalue weighted by Crippen LogP contribution is -2.37. The van der Waals surface area contributed by atoms with Crippen LogP contribution in [0.15, 0.2) is 54.6 Å². The van der Waals surface area contributed by atoms with Crippen LogP contribution in [0.2, 0.25) is 0 Å². The number of benzene rings is 2. The number of ether oxygens (including phenoxy) is 1. The number of hydrogen-bond donors (Lipinski definition) is 0. The smallest absolute Gasteiger partial charge is 0.176 e. The summed E-state index contributed by atoms with van der Waals surface area (Å²) in [6.07, 6.45) is 3.50. The third kappa shape index (κ3) is 5.58. The van der Waals surface area contributed by atoms with E-state index in [-0.39, 0.29) is 18.2 Å². The van der Waals surface area contributed by atoms with Gasteiger partial charge in [-0.1, -0.05) is 30.3 Å². The average Bonchev–Trinajstić information content (AvgIpc) is 2.64. The van der Waals surface area contributed by atoms with E-state index < -0.39 is 0 Å². The van der Waals surface area contributed by atoms with Crippen LogP contribution in [0.3, 0.4) is 0 Å². The molecule has 25 heavy (non-hydrogen) atoms. The Morgan fingerprint density at radius 2 is 1.68 bits per heavy atom. The molecular weight excluding hydrogens is 334 g/mol. The molecule has 1 heterocycles. The van der Waals surface area contributed by atoms with Gasteiger partial charge < -0.3 is 4.74 Å². The van der Waals surface area contributed by atoms with Crippen LogP contribution >= 0.6 is 12.4 Å². The fourth-order valence-electron chi connectivity index (χ4n) is 3.37. The number of methoxy groups -OCH3 is 1. The van der Waals surface area contributed by atoms with Gasteiger partial charge in [0, 0.05) is 5.56 Å². The Morgan fingerprint density at radius 3 is 2.28 bits per heavy atom. The maximum Gasteiger partial charge on any atom is 0.176 e. The second-order valence-corrected chi connectivity index (χ2v) is 6.56. The summed E-state index contributed by atoms with van der Waals surface area (Å²) in [7, 11) is 1.64. The molecule has 1 aliphatic rings. The van der Waals surface area contributed by atoms with Gasteiger partial charge in [-0.2, -0.15) is 0 Å². The van der Waals surface area contributed by atoms with Gasteiger partial charge >= 0.3 is 0 Å². The van der Waals surface area contributed by atoms with Gasteiger partial charge in [-0.05, 0) is 68.1 Å². The van der Waals surface area contributed by atoms with Crippen molar-refractivity contribution in [2.45, 2.75) is 19.3 Å². The molecule has 1 saturated heterocycles. The zero-order valence-electron chi connectivity index (χ0n) is 14.7. The Bertz CT molecular complexity index is 649. The van der Waals surface area contributed by atoms with Crippen molar-refractivity contribution >= 4 is 18.2 Å². The van der Waals surface area contributed by atoms with Gasteiger partial charge in [0.05, 0.1) is 13.7 Å². The van der Waals surface area contributed by atoms with Crippen LogP contribution in [0, 0.1) is 5.92 Å². The van der Waals surface area contributed by atoms with Crippen LogP contribution in [-0.2, 0) is 6.42 Å². The molecule has 0 spiro atoms. The first-order valence-corrected chi connectivity index (χ1v) is 8.68. The van der Waals surface area contributed by atoms with Crippen LogP contribution < -0.4 is 4.74 Å². The number of ketones is 1. The van der Waals surface area contributed by atoms with Gasteiger partial charge in [-0.3, -0.25) is 9.69 Å². The predicted molar refractivity (Wildman–Crippen MR) is 104 cm³/mol. The molecule has 0 aliphatic carbocycles. The Labute approximate surface area is 156 Å². The molecule has 0 saturated carbocycles. The van der Waals surface area contributed by atoms with Crippen LogP contribution in [0.1, 0.15) is 28.8 Å². The van der Waals surface area contributed by atoms with Crippen LogP contribution in [0.25, 0.3) is 0 Å². The van der Waals surface area contributed by atoms with Crippen LogP contribution in [0.4, 0.5) is 0 Å². The molecular formula is C21H26ClNO2. The van der Waals surface area contributed by atoms with E-state index in [4.69, 9.17) is 4.74 Å². The number of hydrogen-bond acceptors (Lipinski definition) is 3. The Kier molecular flexibility index (Phi) is 7.48. The minimum atomic E-state index is 0. The molecule has 0 radical (unpaired) electrons. The quantitative estimate of drug-likeness (QED) is 0.722. The number of nitrogens with zero attached hydrogens (tertiary/aromatic N) is 1. The minimum absolute atomic E-state index is 0. The third-order valence-corrected chi connectivity index (χ3v) is 4.85. The predicted octanol–water partition coefficient (Wildman–Crippen LogP) is 4.25. The lowest BCUT2D eigenvalue weighted by Gasteiger charge is -2.31. The lowest BCUT2D eigenvalue weighted by molar-refractivity contribution is 0.0895. The van der Waals surface area contributed by atoms with Crippen molar-refractivity contribution < 1.29 is 9.53 Å². The monoisotopic (exact) mass is 359 g/mol. The van der Waals surface area contributed by atoms with Gasteiger partial charge in [0.15, 0.2) is 5.78 Å². The third-order valence-electron chi connectivity index (χ3n) is 4.85. The molecule has 2 aromatic carbocycles. The second kappa shape index (κ2) is 9.59. The molecule has 0 bridgehead atoms. The van der Waals surface area contributed by atoms with E-state index in [0.29, 0.717) is 6.54 Å². The first-order chi connectivity index (χ1) is 11.7. The molecule has 4 heteroatoms. The van der Waals surface area contributed by atoms with E-state index in [1.165, 1.54) is 18.4 Å². The molecule has 0 unspecified atom stereocenters. The number of halogens is 1. The van der Waals surface area contributed by atoms with Crippen molar-refractivity contribution in [2.75, 3.05) is 26.7 Å². The van der Waals surface area contributed by atoms with Crippen molar-refractivity contribution in [1.82, 2.24) is 4.90 Å². The fourth-order valence-corrected chi connectivity index (χ4v) is 3.37. The van der Waals surface area contributed by atoms with E-state index in [9.17, 15) is 4.79 Å². The summed E-state index contributed by atoms with van der Waals surface area (Å²) in [5, 5.41) is 0. The normalized spacial score (nSPS) is 15.4. The first-order valence-electron chi connectivity index (χ1n) is 8.68. The Morgan fingerprint density at radius 1 is 1.04 bits per heavy atom. The van der Waals surface area contributed by atoms with E-state index in [2.05, 4.69) is 35.2 Å². The summed E-state index contributed by atoms with van der Waals surface area (Å²) in [4.78, 5) is 14.7. The summed E-state index contributed by atoms with van der Waals surface area (Å²) < 4.78 is 5.14. The molecule has 3 nitrogen and oxygen atoms in total. The number of rotatable bonds is 6. The van der Waals surface area contributed by atoms with E-state index in [1.807, 2.05) is 24.3 Å². The van der Waals surface area contributed by atoms with Crippen molar-refractivity contribution in [3.63, 3.8) is 0 Å². The highest BCUT2D eigenvalue weighted by atomic mass is 35.5. The largest absolute Gasteiger partial charge is 0.497 e. The number of carbonyl (C=O) groups is 1. The lowest BCUT2D eigenvalue weighted by atomic mass is 9.90. The highest BCUT2D eigenvalue weighted by Crippen LogP contribution is 2.22. The molecule has 2 aromatic rings. The van der Waals surface area contributed by atoms with Gasteiger partial charge in [-0.15, -0.1) is 12.4 Å². The van der Waals surface area contributed by atoms with Gasteiger partial charge in [0.2, 0.25) is 0 Å². The number of Topliss-reactive ketones (excluding diaryl/α,β-unsaturated/α-hetero) is 1. The van der Waals surface area contributed by atoms with E-state index >= 15 is 0 Å². The zero-order chi connectivity index (χ0) is 16.8. The molecule has 0 amide bonds. The molecule has 1 fully saturated rings. The molecule has 0 aromatic heterocycles. The molecule has 3 rings (SSSR count). The van der Waals surface area contributed by atoms with Gasteiger partial charge in [0.25, 0.3) is 0 Å². The molecule has 134 valence electrons. The summed E-state index contributed by atoms with van der Waals surface area (Å²) in [5.74, 6) is 1.71. The van der Waals surface area contributed by atoms with Crippen LogP contribution in [0.5, 0.6) is 5.75 Å². The van der Waals surface area contributed by atoms with Gasteiger partial charge in [-0.25, -0.2) is 0 Å². The zero-order valence-corrected chi connectivity index (χ0v) is 15.5. The molecule has 1 aliphatic heterocycles. The van der Waals surface area contributed by atoms with E-state index in [1.54, 1.807) is 7.11 Å². The van der Waals surface area contributed by atoms with Crippen LogP contribution in [-0.4, -0.2) is 37.4 Å². The topological polar surface area (TPSA) is 29.5 Å². The average molecular weight is 360 g/mol.